The van der Waals surface area contributed by atoms with Crippen molar-refractivity contribution in [3.05, 3.63) is 104 Å². The second-order valence-electron chi connectivity index (χ2n) is 10.3. The Morgan fingerprint density at radius 3 is 1.36 bits per heavy atom. The molecule has 0 amide bonds. The normalized spacial score (nSPS) is 12.4. The van der Waals surface area contributed by atoms with Crippen LogP contribution in [0, 0.1) is 0 Å². The zero-order valence-corrected chi connectivity index (χ0v) is 29.1. The average molecular weight is 667 g/mol. The van der Waals surface area contributed by atoms with E-state index in [9.17, 15) is 13.2 Å². The van der Waals surface area contributed by atoms with E-state index in [2.05, 4.69) is 75.8 Å². The fourth-order valence-corrected chi connectivity index (χ4v) is 13.2. The predicted octanol–water partition coefficient (Wildman–Crippen LogP) is 9.68. The van der Waals surface area contributed by atoms with Crippen molar-refractivity contribution in [1.29, 1.82) is 0 Å². The van der Waals surface area contributed by atoms with Gasteiger partial charge in [-0.05, 0) is 64.7 Å². The van der Waals surface area contributed by atoms with E-state index in [1.807, 2.05) is 54.6 Å². The zero-order chi connectivity index (χ0) is 26.4. The van der Waals surface area contributed by atoms with Gasteiger partial charge in [0.25, 0.3) is 0 Å². The molecule has 0 atom stereocenters. The second-order valence-corrected chi connectivity index (χ2v) is 22.1. The van der Waals surface area contributed by atoms with Crippen LogP contribution < -0.4 is 4.65 Å². The quantitative estimate of drug-likeness (QED) is 0.211. The summed E-state index contributed by atoms with van der Waals surface area (Å²) >= 11 is 6.81. The SMILES string of the molecule is C[Si](C)(C)N[Si](C)(C)C.FC(F)(F)c1ccc(C(=Cc2ccc(Br)cc2)c2ccc(Br)cc2)cc1.[Na]. The van der Waals surface area contributed by atoms with Crippen LogP contribution in [0.25, 0.3) is 11.6 Å². The molecule has 1 radical (unpaired) electrons. The summed E-state index contributed by atoms with van der Waals surface area (Å²) < 4.78 is 44.2. The molecule has 36 heavy (non-hydrogen) atoms. The molecule has 189 valence electrons. The Balaban J connectivity index is 0.000000557. The molecule has 0 spiro atoms. The third kappa shape index (κ3) is 12.4. The molecule has 1 N–H and O–H groups in total. The van der Waals surface area contributed by atoms with Crippen molar-refractivity contribution in [2.75, 3.05) is 0 Å². The van der Waals surface area contributed by atoms with Crippen LogP contribution in [0.3, 0.4) is 0 Å². The van der Waals surface area contributed by atoms with Gasteiger partial charge in [0, 0.05) is 38.5 Å². The Morgan fingerprint density at radius 1 is 0.667 bits per heavy atom. The minimum Gasteiger partial charge on any atom is -0.360 e. The number of halogens is 5. The van der Waals surface area contributed by atoms with Gasteiger partial charge in [-0.1, -0.05) is 108 Å². The Morgan fingerprint density at radius 2 is 1.03 bits per heavy atom. The first-order valence-corrected chi connectivity index (χ1v) is 19.8. The van der Waals surface area contributed by atoms with Crippen LogP contribution in [0.15, 0.2) is 81.7 Å². The topological polar surface area (TPSA) is 12.0 Å². The number of rotatable bonds is 5. The van der Waals surface area contributed by atoms with Gasteiger partial charge in [-0.25, -0.2) is 0 Å². The first-order valence-electron chi connectivity index (χ1n) is 11.2. The van der Waals surface area contributed by atoms with E-state index < -0.39 is 28.2 Å². The van der Waals surface area contributed by atoms with Crippen LogP contribution in [0.2, 0.25) is 39.3 Å². The van der Waals surface area contributed by atoms with Gasteiger partial charge in [-0.15, -0.1) is 0 Å². The van der Waals surface area contributed by atoms with E-state index in [1.54, 1.807) is 0 Å². The van der Waals surface area contributed by atoms with Crippen LogP contribution in [-0.2, 0) is 6.18 Å². The molecule has 0 aliphatic rings. The molecule has 0 aromatic heterocycles. The van der Waals surface area contributed by atoms with Crippen molar-refractivity contribution in [3.63, 3.8) is 0 Å². The summed E-state index contributed by atoms with van der Waals surface area (Å²) in [5, 5.41) is 0. The van der Waals surface area contributed by atoms with Crippen molar-refractivity contribution in [2.24, 2.45) is 0 Å². The zero-order valence-electron chi connectivity index (χ0n) is 21.9. The molecule has 0 bridgehead atoms. The number of benzene rings is 3. The summed E-state index contributed by atoms with van der Waals surface area (Å²) in [7, 11) is -1.96. The summed E-state index contributed by atoms with van der Waals surface area (Å²) in [4.78, 5) is 0. The van der Waals surface area contributed by atoms with Gasteiger partial charge in [-0.3, -0.25) is 0 Å². The molecule has 3 aromatic rings. The Bertz CT molecular complexity index is 1110. The standard InChI is InChI=1S/C21H13Br2F3.C6H19NSi2.Na/c22-18-9-1-14(2-10-18)13-20(16-5-11-19(23)12-6-16)15-3-7-17(8-4-15)21(24,25)26;1-8(2,3)7-9(4,5)6;/h1-13H;7H,1-6H3;. The second kappa shape index (κ2) is 14.1. The van der Waals surface area contributed by atoms with Crippen molar-refractivity contribution in [2.45, 2.75) is 45.5 Å². The van der Waals surface area contributed by atoms with E-state index in [0.717, 1.165) is 43.3 Å². The fraction of sp³-hybridized carbons (Fsp3) is 0.259. The maximum absolute atomic E-state index is 12.8. The van der Waals surface area contributed by atoms with Crippen molar-refractivity contribution < 1.29 is 13.2 Å². The van der Waals surface area contributed by atoms with Crippen molar-refractivity contribution >= 4 is 89.5 Å². The van der Waals surface area contributed by atoms with Gasteiger partial charge in [0.05, 0.1) is 5.56 Å². The maximum Gasteiger partial charge on any atom is 0.416 e. The molecule has 9 heteroatoms. The number of nitrogens with one attached hydrogen (secondary N) is 1. The summed E-state index contributed by atoms with van der Waals surface area (Å²) in [6.07, 6.45) is -2.37. The van der Waals surface area contributed by atoms with Crippen LogP contribution >= 0.6 is 31.9 Å². The Labute approximate surface area is 254 Å². The summed E-state index contributed by atoms with van der Waals surface area (Å²) in [5.41, 5.74) is 2.82. The fourth-order valence-electron chi connectivity index (χ4n) is 3.65. The molecule has 0 saturated heterocycles. The van der Waals surface area contributed by atoms with Crippen LogP contribution in [-0.4, -0.2) is 46.0 Å². The van der Waals surface area contributed by atoms with E-state index in [1.165, 1.54) is 12.1 Å². The predicted molar refractivity (Wildman–Crippen MR) is 162 cm³/mol. The Kier molecular flexibility index (Phi) is 13.1. The van der Waals surface area contributed by atoms with E-state index in [0.29, 0.717) is 0 Å². The molecule has 0 heterocycles. The van der Waals surface area contributed by atoms with Crippen LogP contribution in [0.4, 0.5) is 13.2 Å². The molecule has 0 aliphatic heterocycles. The molecule has 3 aromatic carbocycles. The molecular weight excluding hydrogens is 634 g/mol. The van der Waals surface area contributed by atoms with Crippen molar-refractivity contribution in [3.8, 4) is 0 Å². The van der Waals surface area contributed by atoms with Crippen LogP contribution in [0.1, 0.15) is 22.3 Å². The van der Waals surface area contributed by atoms with E-state index >= 15 is 0 Å². The third-order valence-electron chi connectivity index (χ3n) is 4.61. The number of hydrogen-bond donors (Lipinski definition) is 1. The van der Waals surface area contributed by atoms with Gasteiger partial charge < -0.3 is 4.65 Å². The minimum atomic E-state index is -4.34. The molecule has 3 rings (SSSR count). The van der Waals surface area contributed by atoms with Crippen molar-refractivity contribution in [1.82, 2.24) is 4.65 Å². The minimum absolute atomic E-state index is 0. The molecule has 0 fully saturated rings. The first kappa shape index (κ1) is 33.6. The van der Waals surface area contributed by atoms with Gasteiger partial charge in [0.15, 0.2) is 0 Å². The van der Waals surface area contributed by atoms with Crippen LogP contribution in [0.5, 0.6) is 0 Å². The number of hydrogen-bond acceptors (Lipinski definition) is 1. The summed E-state index contributed by atoms with van der Waals surface area (Å²) in [6, 6.07) is 20.7. The Hall–Kier alpha value is -0.456. The van der Waals surface area contributed by atoms with Gasteiger partial charge in [-0.2, -0.15) is 13.2 Å². The maximum atomic E-state index is 12.8. The summed E-state index contributed by atoms with van der Waals surface area (Å²) in [6.45, 7) is 14.1. The molecule has 0 aliphatic carbocycles. The van der Waals surface area contributed by atoms with Gasteiger partial charge >= 0.3 is 6.18 Å². The molecule has 0 unspecified atom stereocenters. The molecule has 1 nitrogen and oxygen atoms in total. The largest absolute Gasteiger partial charge is 0.416 e. The van der Waals surface area contributed by atoms with E-state index in [4.69, 9.17) is 0 Å². The third-order valence-corrected chi connectivity index (χ3v) is 11.7. The average Bonchev–Trinajstić information content (AvgIpc) is 2.71. The smallest absolute Gasteiger partial charge is 0.360 e. The van der Waals surface area contributed by atoms with Gasteiger partial charge in [0.1, 0.15) is 16.5 Å². The number of alkyl halides is 3. The monoisotopic (exact) mass is 664 g/mol. The molecule has 0 saturated carbocycles. The molecular formula is C27H32Br2F3NNaSi2. The first-order chi connectivity index (χ1) is 16.0. The summed E-state index contributed by atoms with van der Waals surface area (Å²) in [5.74, 6) is 0. The van der Waals surface area contributed by atoms with E-state index in [-0.39, 0.29) is 29.6 Å². The van der Waals surface area contributed by atoms with Gasteiger partial charge in [0.2, 0.25) is 0 Å².